The van der Waals surface area contributed by atoms with Crippen LogP contribution >= 0.6 is 63.3 Å². The van der Waals surface area contributed by atoms with Crippen LogP contribution in [0.25, 0.3) is 0 Å². The molecule has 10 heteroatoms. The number of halogens is 5. The molecule has 2 saturated heterocycles. The highest BCUT2D eigenvalue weighted by Crippen LogP contribution is 2.26. The average molecular weight is 703 g/mol. The lowest BCUT2D eigenvalue weighted by atomic mass is 9.93. The summed E-state index contributed by atoms with van der Waals surface area (Å²) in [5.74, 6) is -0.0902. The Morgan fingerprint density at radius 1 is 1.17 bits per heavy atom. The summed E-state index contributed by atoms with van der Waals surface area (Å²) in [6.07, 6.45) is 0.926. The zero-order valence-corrected chi connectivity index (χ0v) is 25.0. The van der Waals surface area contributed by atoms with Crippen molar-refractivity contribution < 1.29 is 13.9 Å². The monoisotopic (exact) mass is 701 g/mol. The summed E-state index contributed by atoms with van der Waals surface area (Å²) in [6.45, 7) is 7.45. The number of morpholine rings is 1. The van der Waals surface area contributed by atoms with E-state index in [9.17, 15) is 9.18 Å². The van der Waals surface area contributed by atoms with Gasteiger partial charge in [-0.05, 0) is 71.5 Å². The van der Waals surface area contributed by atoms with E-state index in [2.05, 4.69) is 48.3 Å². The number of benzene rings is 2. The molecule has 0 bridgehead atoms. The minimum atomic E-state index is -0.235. The fourth-order valence-electron chi connectivity index (χ4n) is 4.65. The Morgan fingerprint density at radius 3 is 2.46 bits per heavy atom. The van der Waals surface area contributed by atoms with Gasteiger partial charge in [0.15, 0.2) is 0 Å². The van der Waals surface area contributed by atoms with E-state index >= 15 is 0 Å². The third kappa shape index (κ3) is 8.51. The molecule has 4 rings (SSSR count). The zero-order valence-electron chi connectivity index (χ0n) is 19.7. The molecule has 2 fully saturated rings. The van der Waals surface area contributed by atoms with Gasteiger partial charge in [0.25, 0.3) is 5.91 Å². The Labute approximate surface area is 241 Å². The van der Waals surface area contributed by atoms with E-state index in [-0.39, 0.29) is 42.5 Å². The van der Waals surface area contributed by atoms with Gasteiger partial charge in [0.1, 0.15) is 5.82 Å². The Balaban J connectivity index is 0.00000216. The predicted molar refractivity (Wildman–Crippen MR) is 155 cm³/mol. The van der Waals surface area contributed by atoms with Crippen LogP contribution in [-0.2, 0) is 4.74 Å². The number of hydrogen-bond donors (Lipinski definition) is 0. The normalized spacial score (nSPS) is 17.6. The van der Waals surface area contributed by atoms with Crippen LogP contribution in [0.2, 0.25) is 0 Å². The molecule has 2 aromatic carbocycles. The number of hydrogen-bond acceptors (Lipinski definition) is 4. The quantitative estimate of drug-likeness (QED) is 0.350. The first-order valence-electron chi connectivity index (χ1n) is 11.4. The van der Waals surface area contributed by atoms with Crippen molar-refractivity contribution in [3.05, 3.63) is 67.5 Å². The maximum Gasteiger partial charge on any atom is 0.253 e. The number of rotatable bonds is 8. The molecular weight excluding hydrogens is 671 g/mol. The van der Waals surface area contributed by atoms with E-state index in [1.165, 1.54) is 12.1 Å². The molecule has 2 aromatic rings. The van der Waals surface area contributed by atoms with Gasteiger partial charge in [-0.1, -0.05) is 28.1 Å². The summed E-state index contributed by atoms with van der Waals surface area (Å²) in [4.78, 5) is 19.9. The lowest BCUT2D eigenvalue weighted by Gasteiger charge is -2.47. The lowest BCUT2D eigenvalue weighted by Crippen LogP contribution is -2.61. The number of carbonyl (C=O) groups is 1. The second-order valence-electron chi connectivity index (χ2n) is 8.94. The summed E-state index contributed by atoms with van der Waals surface area (Å²) in [5.41, 5.74) is 1.75. The van der Waals surface area contributed by atoms with Gasteiger partial charge in [-0.25, -0.2) is 4.39 Å². The number of carbonyl (C=O) groups excluding carboxylic acids is 1. The van der Waals surface area contributed by atoms with Crippen molar-refractivity contribution in [3.8, 4) is 0 Å². The molecule has 1 atom stereocenters. The van der Waals surface area contributed by atoms with Crippen molar-refractivity contribution in [2.24, 2.45) is 0 Å². The van der Waals surface area contributed by atoms with E-state index < -0.39 is 0 Å². The van der Waals surface area contributed by atoms with E-state index in [1.807, 2.05) is 37.4 Å². The second kappa shape index (κ2) is 14.4. The SMILES string of the molecule is CN(CC(CCN1CC(N2CCOCC2)C1)c1ccc(F)cc1)C(=O)c1cc(Br)cc(I)c1.Cl.Cl. The Morgan fingerprint density at radius 2 is 1.83 bits per heavy atom. The topological polar surface area (TPSA) is 36.0 Å². The van der Waals surface area contributed by atoms with Gasteiger partial charge in [0.05, 0.1) is 13.2 Å². The minimum Gasteiger partial charge on any atom is -0.379 e. The Bertz CT molecular complexity index is 940. The maximum absolute atomic E-state index is 13.5. The molecule has 0 aromatic heterocycles. The second-order valence-corrected chi connectivity index (χ2v) is 11.1. The molecule has 35 heavy (non-hydrogen) atoms. The predicted octanol–water partition coefficient (Wildman–Crippen LogP) is 5.30. The first-order valence-corrected chi connectivity index (χ1v) is 13.3. The molecule has 2 heterocycles. The number of ether oxygens (including phenoxy) is 1. The summed E-state index contributed by atoms with van der Waals surface area (Å²) >= 11 is 5.71. The van der Waals surface area contributed by atoms with Gasteiger partial charge in [-0.15, -0.1) is 24.8 Å². The number of likely N-dealkylation sites (tertiary alicyclic amines) is 1. The van der Waals surface area contributed by atoms with Gasteiger partial charge < -0.3 is 14.5 Å². The highest BCUT2D eigenvalue weighted by molar-refractivity contribution is 14.1. The van der Waals surface area contributed by atoms with Crippen molar-refractivity contribution in [2.75, 3.05) is 59.5 Å². The fourth-order valence-corrected chi connectivity index (χ4v) is 6.24. The van der Waals surface area contributed by atoms with Gasteiger partial charge in [-0.3, -0.25) is 9.69 Å². The molecule has 0 radical (unpaired) electrons. The lowest BCUT2D eigenvalue weighted by molar-refractivity contribution is -0.0326. The van der Waals surface area contributed by atoms with Crippen LogP contribution in [0, 0.1) is 9.39 Å². The number of likely N-dealkylation sites (N-methyl/N-ethyl adjacent to an activating group) is 1. The first-order chi connectivity index (χ1) is 15.9. The fraction of sp³-hybridized carbons (Fsp3) is 0.480. The summed E-state index contributed by atoms with van der Waals surface area (Å²) < 4.78 is 20.9. The van der Waals surface area contributed by atoms with Crippen LogP contribution < -0.4 is 0 Å². The molecule has 1 amide bonds. The van der Waals surface area contributed by atoms with Crippen molar-refractivity contribution in [2.45, 2.75) is 18.4 Å². The summed E-state index contributed by atoms with van der Waals surface area (Å²) in [5, 5.41) is 0. The van der Waals surface area contributed by atoms with Crippen LogP contribution in [0.4, 0.5) is 4.39 Å². The molecule has 1 unspecified atom stereocenters. The van der Waals surface area contributed by atoms with Crippen molar-refractivity contribution >= 4 is 69.2 Å². The third-order valence-corrected chi connectivity index (χ3v) is 7.67. The number of amides is 1. The van der Waals surface area contributed by atoms with Crippen LogP contribution in [-0.4, -0.2) is 86.2 Å². The molecular formula is C25H32BrCl2FIN3O2. The molecule has 5 nitrogen and oxygen atoms in total. The smallest absolute Gasteiger partial charge is 0.253 e. The van der Waals surface area contributed by atoms with E-state index in [0.29, 0.717) is 18.2 Å². The van der Waals surface area contributed by atoms with E-state index in [4.69, 9.17) is 4.74 Å². The van der Waals surface area contributed by atoms with Crippen molar-refractivity contribution in [3.63, 3.8) is 0 Å². The zero-order chi connectivity index (χ0) is 23.4. The molecule has 0 spiro atoms. The Kier molecular flexibility index (Phi) is 12.7. The number of nitrogens with zero attached hydrogens (tertiary/aromatic N) is 3. The molecule has 0 N–H and O–H groups in total. The highest BCUT2D eigenvalue weighted by atomic mass is 127. The Hall–Kier alpha value is -0.490. The van der Waals surface area contributed by atoms with Crippen LogP contribution in [0.5, 0.6) is 0 Å². The summed E-state index contributed by atoms with van der Waals surface area (Å²) in [6, 6.07) is 13.1. The summed E-state index contributed by atoms with van der Waals surface area (Å²) in [7, 11) is 1.85. The third-order valence-electron chi connectivity index (χ3n) is 6.59. The minimum absolute atomic E-state index is 0. The maximum atomic E-state index is 13.5. The standard InChI is InChI=1S/C25H30BrFIN3O2.2ClH/c1-29(25(32)20-12-21(26)14-23(28)13-20)15-19(18-2-4-22(27)5-3-18)6-7-30-16-24(17-30)31-8-10-33-11-9-31;;/h2-5,12-14,19,24H,6-11,15-17H2,1H3;2*1H. The molecule has 0 saturated carbocycles. The van der Waals surface area contributed by atoms with Gasteiger partial charge in [0.2, 0.25) is 0 Å². The van der Waals surface area contributed by atoms with Crippen molar-refractivity contribution in [1.82, 2.24) is 14.7 Å². The van der Waals surface area contributed by atoms with E-state index in [1.54, 1.807) is 4.90 Å². The largest absolute Gasteiger partial charge is 0.379 e. The molecule has 194 valence electrons. The first kappa shape index (κ1) is 30.7. The van der Waals surface area contributed by atoms with Gasteiger partial charge >= 0.3 is 0 Å². The van der Waals surface area contributed by atoms with Gasteiger partial charge in [-0.2, -0.15) is 0 Å². The highest BCUT2D eigenvalue weighted by Gasteiger charge is 2.32. The average Bonchev–Trinajstić information content (AvgIpc) is 2.77. The van der Waals surface area contributed by atoms with E-state index in [0.717, 1.165) is 66.0 Å². The molecule has 2 aliphatic heterocycles. The van der Waals surface area contributed by atoms with Crippen LogP contribution in [0.3, 0.4) is 0 Å². The van der Waals surface area contributed by atoms with Crippen molar-refractivity contribution in [1.29, 1.82) is 0 Å². The van der Waals surface area contributed by atoms with Crippen LogP contribution in [0.1, 0.15) is 28.3 Å². The molecule has 2 aliphatic rings. The molecule has 0 aliphatic carbocycles. The van der Waals surface area contributed by atoms with Crippen LogP contribution in [0.15, 0.2) is 46.9 Å². The van der Waals surface area contributed by atoms with Gasteiger partial charge in [0, 0.05) is 65.3 Å².